The van der Waals surface area contributed by atoms with Crippen molar-refractivity contribution in [2.24, 2.45) is 11.8 Å². The van der Waals surface area contributed by atoms with Gasteiger partial charge in [-0.2, -0.15) is 0 Å². The molecule has 0 unspecified atom stereocenters. The minimum absolute atomic E-state index is 0.0237. The number of nitro groups is 1. The van der Waals surface area contributed by atoms with Crippen LogP contribution in [0, 0.1) is 28.9 Å². The Bertz CT molecular complexity index is 963. The summed E-state index contributed by atoms with van der Waals surface area (Å²) in [5, 5.41) is 11.1. The number of rotatable bonds is 4. The number of aromatic nitrogens is 2. The summed E-state index contributed by atoms with van der Waals surface area (Å²) in [4.78, 5) is 37.0. The lowest BCUT2D eigenvalue weighted by atomic mass is 9.92. The third-order valence-corrected chi connectivity index (χ3v) is 6.42. The van der Waals surface area contributed by atoms with Crippen LogP contribution in [0.5, 0.6) is 0 Å². The molecule has 0 atom stereocenters. The van der Waals surface area contributed by atoms with E-state index in [1.807, 2.05) is 13.0 Å². The van der Waals surface area contributed by atoms with E-state index >= 15 is 0 Å². The number of nitrogens with zero attached hydrogens (tertiary/aromatic N) is 5. The van der Waals surface area contributed by atoms with Crippen LogP contribution in [0.1, 0.15) is 38.3 Å². The van der Waals surface area contributed by atoms with Crippen LogP contribution in [0.4, 0.5) is 11.5 Å². The van der Waals surface area contributed by atoms with Gasteiger partial charge in [-0.25, -0.2) is 9.97 Å². The lowest BCUT2D eigenvalue weighted by Crippen LogP contribution is -2.45. The van der Waals surface area contributed by atoms with Crippen LogP contribution < -0.4 is 4.90 Å². The predicted molar refractivity (Wildman–Crippen MR) is 119 cm³/mol. The predicted octanol–water partition coefficient (Wildman–Crippen LogP) is 3.84. The number of anilines is 1. The van der Waals surface area contributed by atoms with Crippen LogP contribution >= 0.6 is 0 Å². The van der Waals surface area contributed by atoms with E-state index in [4.69, 9.17) is 4.98 Å². The molecule has 0 bridgehead atoms. The number of nitro benzene ring substituents is 1. The van der Waals surface area contributed by atoms with Crippen LogP contribution in [-0.2, 0) is 4.79 Å². The third-order valence-electron chi connectivity index (χ3n) is 6.42. The molecule has 2 saturated heterocycles. The number of carbonyl (C=O) groups is 1. The van der Waals surface area contributed by atoms with Crippen LogP contribution in [0.15, 0.2) is 30.3 Å². The molecule has 8 nitrogen and oxygen atoms in total. The average Bonchev–Trinajstić information content (AvgIpc) is 2.79. The van der Waals surface area contributed by atoms with E-state index in [9.17, 15) is 14.9 Å². The quantitative estimate of drug-likeness (QED) is 0.548. The molecule has 2 aromatic rings. The monoisotopic (exact) mass is 423 g/mol. The molecular weight excluding hydrogens is 394 g/mol. The molecule has 2 aliphatic heterocycles. The van der Waals surface area contributed by atoms with Gasteiger partial charge in [-0.1, -0.05) is 19.1 Å². The number of benzene rings is 1. The highest BCUT2D eigenvalue weighted by molar-refractivity contribution is 5.79. The van der Waals surface area contributed by atoms with Crippen LogP contribution in [0.25, 0.3) is 11.4 Å². The molecule has 31 heavy (non-hydrogen) atoms. The molecule has 0 spiro atoms. The molecular formula is C23H29N5O3. The average molecular weight is 424 g/mol. The first-order valence-corrected chi connectivity index (χ1v) is 11.0. The van der Waals surface area contributed by atoms with Gasteiger partial charge in [0, 0.05) is 61.6 Å². The SMILES string of the molecule is Cc1cc(N2CCC(C(=O)N3CCC(C)CC3)CC2)nc(-c2cccc([N+](=O)[O-])c2)n1. The van der Waals surface area contributed by atoms with E-state index in [-0.39, 0.29) is 11.6 Å². The standard InChI is InChI=1S/C23H29N5O3/c1-16-6-10-27(11-7-16)23(29)18-8-12-26(13-9-18)21-14-17(2)24-22(25-21)19-4-3-5-20(15-19)28(30)31/h3-5,14-16,18H,6-13H2,1-2H3. The van der Waals surface area contributed by atoms with Gasteiger partial charge < -0.3 is 9.80 Å². The maximum Gasteiger partial charge on any atom is 0.270 e. The second-order valence-electron chi connectivity index (χ2n) is 8.77. The highest BCUT2D eigenvalue weighted by atomic mass is 16.6. The Hall–Kier alpha value is -3.03. The van der Waals surface area contributed by atoms with Crippen molar-refractivity contribution in [2.45, 2.75) is 39.5 Å². The molecule has 0 N–H and O–H groups in total. The minimum Gasteiger partial charge on any atom is -0.356 e. The summed E-state index contributed by atoms with van der Waals surface area (Å²) in [6.45, 7) is 7.47. The minimum atomic E-state index is -0.412. The summed E-state index contributed by atoms with van der Waals surface area (Å²) < 4.78 is 0. The lowest BCUT2D eigenvalue weighted by Gasteiger charge is -2.37. The van der Waals surface area contributed by atoms with Crippen LogP contribution in [0.3, 0.4) is 0 Å². The van der Waals surface area contributed by atoms with Gasteiger partial charge in [0.2, 0.25) is 5.91 Å². The third kappa shape index (κ3) is 4.84. The van der Waals surface area contributed by atoms with Crippen molar-refractivity contribution in [3.8, 4) is 11.4 Å². The zero-order chi connectivity index (χ0) is 22.0. The first-order valence-electron chi connectivity index (χ1n) is 11.0. The molecule has 0 radical (unpaired) electrons. The van der Waals surface area contributed by atoms with E-state index in [0.717, 1.165) is 63.4 Å². The fourth-order valence-electron chi connectivity index (χ4n) is 4.44. The second-order valence-corrected chi connectivity index (χ2v) is 8.77. The highest BCUT2D eigenvalue weighted by Crippen LogP contribution is 2.28. The molecule has 1 aromatic heterocycles. The molecule has 0 aliphatic carbocycles. The van der Waals surface area contributed by atoms with Crippen molar-refractivity contribution in [3.05, 3.63) is 46.1 Å². The molecule has 4 rings (SSSR count). The second kappa shape index (κ2) is 8.99. The smallest absolute Gasteiger partial charge is 0.270 e. The van der Waals surface area contributed by atoms with Crippen molar-refractivity contribution in [1.29, 1.82) is 0 Å². The summed E-state index contributed by atoms with van der Waals surface area (Å²) in [6, 6.07) is 8.34. The molecule has 0 saturated carbocycles. The van der Waals surface area contributed by atoms with Gasteiger partial charge in [-0.3, -0.25) is 14.9 Å². The number of hydrogen-bond donors (Lipinski definition) is 0. The Morgan fingerprint density at radius 3 is 2.45 bits per heavy atom. The number of amides is 1. The van der Waals surface area contributed by atoms with Crippen molar-refractivity contribution in [1.82, 2.24) is 14.9 Å². The van der Waals surface area contributed by atoms with Gasteiger partial charge in [-0.15, -0.1) is 0 Å². The molecule has 164 valence electrons. The van der Waals surface area contributed by atoms with E-state index in [0.29, 0.717) is 23.2 Å². The molecule has 1 aromatic carbocycles. The fourth-order valence-corrected chi connectivity index (χ4v) is 4.44. The van der Waals surface area contributed by atoms with Crippen molar-refractivity contribution >= 4 is 17.4 Å². The summed E-state index contributed by atoms with van der Waals surface area (Å²) in [7, 11) is 0. The molecule has 3 heterocycles. The van der Waals surface area contributed by atoms with Gasteiger partial charge in [0.1, 0.15) is 5.82 Å². The van der Waals surface area contributed by atoms with Crippen molar-refractivity contribution < 1.29 is 9.72 Å². The first kappa shape index (κ1) is 21.2. The van der Waals surface area contributed by atoms with Gasteiger partial charge >= 0.3 is 0 Å². The number of carbonyl (C=O) groups excluding carboxylic acids is 1. The van der Waals surface area contributed by atoms with Gasteiger partial charge in [-0.05, 0) is 38.5 Å². The molecule has 8 heteroatoms. The normalized spacial score (nSPS) is 18.3. The molecule has 2 fully saturated rings. The number of piperidine rings is 2. The summed E-state index contributed by atoms with van der Waals surface area (Å²) in [5.41, 5.74) is 1.46. The highest BCUT2D eigenvalue weighted by Gasteiger charge is 2.30. The maximum atomic E-state index is 12.9. The Morgan fingerprint density at radius 2 is 1.77 bits per heavy atom. The van der Waals surface area contributed by atoms with Gasteiger partial charge in [0.05, 0.1) is 4.92 Å². The van der Waals surface area contributed by atoms with E-state index in [1.165, 1.54) is 12.1 Å². The van der Waals surface area contributed by atoms with E-state index in [1.54, 1.807) is 12.1 Å². The Balaban J connectivity index is 1.45. The van der Waals surface area contributed by atoms with Crippen molar-refractivity contribution in [2.75, 3.05) is 31.1 Å². The number of aryl methyl sites for hydroxylation is 1. The van der Waals surface area contributed by atoms with E-state index < -0.39 is 4.92 Å². The summed E-state index contributed by atoms with van der Waals surface area (Å²) in [6.07, 6.45) is 3.84. The van der Waals surface area contributed by atoms with Crippen LogP contribution in [0.2, 0.25) is 0 Å². The number of non-ortho nitro benzene ring substituents is 1. The Kier molecular flexibility index (Phi) is 6.15. The maximum absolute atomic E-state index is 12.9. The Morgan fingerprint density at radius 1 is 1.06 bits per heavy atom. The van der Waals surface area contributed by atoms with Crippen LogP contribution in [-0.4, -0.2) is 51.9 Å². The topological polar surface area (TPSA) is 92.5 Å². The lowest BCUT2D eigenvalue weighted by molar-refractivity contribution is -0.384. The summed E-state index contributed by atoms with van der Waals surface area (Å²) in [5.74, 6) is 2.41. The van der Waals surface area contributed by atoms with Gasteiger partial charge in [0.25, 0.3) is 5.69 Å². The first-order chi connectivity index (χ1) is 14.9. The fraction of sp³-hybridized carbons (Fsp3) is 0.522. The summed E-state index contributed by atoms with van der Waals surface area (Å²) >= 11 is 0. The van der Waals surface area contributed by atoms with Gasteiger partial charge in [0.15, 0.2) is 5.82 Å². The largest absolute Gasteiger partial charge is 0.356 e. The van der Waals surface area contributed by atoms with E-state index in [2.05, 4.69) is 21.7 Å². The molecule has 2 aliphatic rings. The molecule has 1 amide bonds. The number of hydrogen-bond acceptors (Lipinski definition) is 6. The zero-order valence-corrected chi connectivity index (χ0v) is 18.2. The zero-order valence-electron chi connectivity index (χ0n) is 18.2. The number of likely N-dealkylation sites (tertiary alicyclic amines) is 1. The Labute approximate surface area is 182 Å². The van der Waals surface area contributed by atoms with Crippen molar-refractivity contribution in [3.63, 3.8) is 0 Å².